The van der Waals surface area contributed by atoms with Crippen molar-refractivity contribution in [3.8, 4) is 11.5 Å². The molecule has 0 aliphatic rings. The highest BCUT2D eigenvalue weighted by Crippen LogP contribution is 2.35. The fourth-order valence-electron chi connectivity index (χ4n) is 1.70. The van der Waals surface area contributed by atoms with Gasteiger partial charge in [0.15, 0.2) is 0 Å². The third kappa shape index (κ3) is 3.21. The van der Waals surface area contributed by atoms with E-state index >= 15 is 0 Å². The zero-order valence-electron chi connectivity index (χ0n) is 10.3. The normalized spacial score (nSPS) is 10.1. The monoisotopic (exact) mass is 335 g/mol. The summed E-state index contributed by atoms with van der Waals surface area (Å²) < 4.78 is 6.28. The molecule has 0 aliphatic heterocycles. The fourth-order valence-corrected chi connectivity index (χ4v) is 2.04. The molecule has 0 saturated carbocycles. The summed E-state index contributed by atoms with van der Waals surface area (Å²) in [5.41, 5.74) is 0.547. The van der Waals surface area contributed by atoms with Crippen LogP contribution in [0, 0.1) is 10.1 Å². The summed E-state index contributed by atoms with van der Waals surface area (Å²) in [4.78, 5) is 21.1. The van der Waals surface area contributed by atoms with E-state index in [1.54, 1.807) is 30.3 Å². The summed E-state index contributed by atoms with van der Waals surface area (Å²) in [6.07, 6.45) is 0.954. The van der Waals surface area contributed by atoms with Gasteiger partial charge < -0.3 is 9.53 Å². The number of hydrogen-bond acceptors (Lipinski definition) is 4. The third-order valence-corrected chi connectivity index (χ3v) is 3.11. The first-order valence-electron chi connectivity index (χ1n) is 5.75. The van der Waals surface area contributed by atoms with Crippen LogP contribution in [-0.2, 0) is 11.2 Å². The molecule has 6 heteroatoms. The van der Waals surface area contributed by atoms with Crippen molar-refractivity contribution in [3.63, 3.8) is 0 Å². The van der Waals surface area contributed by atoms with E-state index in [2.05, 4.69) is 15.9 Å². The largest absolute Gasteiger partial charge is 0.450 e. The van der Waals surface area contributed by atoms with Crippen LogP contribution in [0.15, 0.2) is 46.9 Å². The summed E-state index contributed by atoms with van der Waals surface area (Å²) in [5, 5.41) is 11.0. The van der Waals surface area contributed by atoms with Gasteiger partial charge in [-0.2, -0.15) is 0 Å². The zero-order chi connectivity index (χ0) is 14.5. The Balaban J connectivity index is 2.41. The lowest BCUT2D eigenvalue weighted by Crippen LogP contribution is -1.96. The van der Waals surface area contributed by atoms with Gasteiger partial charge in [0.25, 0.3) is 0 Å². The number of benzene rings is 2. The van der Waals surface area contributed by atoms with E-state index in [4.69, 9.17) is 4.74 Å². The summed E-state index contributed by atoms with van der Waals surface area (Å²) >= 11 is 3.25. The van der Waals surface area contributed by atoms with Crippen molar-refractivity contribution in [2.75, 3.05) is 0 Å². The highest BCUT2D eigenvalue weighted by atomic mass is 79.9. The maximum Gasteiger partial charge on any atom is 0.311 e. The van der Waals surface area contributed by atoms with Crippen LogP contribution in [0.2, 0.25) is 0 Å². The zero-order valence-corrected chi connectivity index (χ0v) is 11.9. The molecule has 0 radical (unpaired) electrons. The number of carbonyl (C=O) groups is 1. The topological polar surface area (TPSA) is 69.4 Å². The molecular weight excluding hydrogens is 326 g/mol. The number of nitro groups is 1. The molecule has 0 N–H and O–H groups in total. The van der Waals surface area contributed by atoms with Crippen LogP contribution in [0.4, 0.5) is 5.69 Å². The standard InChI is InChI=1S/C14H10BrNO4/c15-11-5-6-12(16(18)19)14(9-11)20-13-4-2-1-3-10(13)7-8-17/h1-6,8-9H,7H2. The number of ether oxygens (including phenoxy) is 1. The number of nitrogens with zero attached hydrogens (tertiary/aromatic N) is 1. The molecule has 0 spiro atoms. The molecule has 0 unspecified atom stereocenters. The van der Waals surface area contributed by atoms with Crippen LogP contribution in [-0.4, -0.2) is 11.2 Å². The van der Waals surface area contributed by atoms with E-state index in [-0.39, 0.29) is 17.9 Å². The van der Waals surface area contributed by atoms with Crippen molar-refractivity contribution in [1.29, 1.82) is 0 Å². The molecule has 2 rings (SSSR count). The van der Waals surface area contributed by atoms with Crippen molar-refractivity contribution in [2.45, 2.75) is 6.42 Å². The van der Waals surface area contributed by atoms with Crippen molar-refractivity contribution in [1.82, 2.24) is 0 Å². The first-order chi connectivity index (χ1) is 9.61. The average Bonchev–Trinajstić information content (AvgIpc) is 2.41. The van der Waals surface area contributed by atoms with Gasteiger partial charge in [0.2, 0.25) is 5.75 Å². The average molecular weight is 336 g/mol. The van der Waals surface area contributed by atoms with Crippen LogP contribution in [0.25, 0.3) is 0 Å². The predicted molar refractivity (Wildman–Crippen MR) is 77.1 cm³/mol. The van der Waals surface area contributed by atoms with E-state index in [0.717, 1.165) is 6.29 Å². The molecule has 2 aromatic rings. The molecule has 0 bridgehead atoms. The lowest BCUT2D eigenvalue weighted by molar-refractivity contribution is -0.385. The van der Waals surface area contributed by atoms with Gasteiger partial charge in [-0.05, 0) is 12.1 Å². The summed E-state index contributed by atoms with van der Waals surface area (Å²) in [5.74, 6) is 0.559. The number of nitro benzene ring substituents is 1. The van der Waals surface area contributed by atoms with Crippen LogP contribution >= 0.6 is 15.9 Å². The number of aldehydes is 1. The van der Waals surface area contributed by atoms with Crippen LogP contribution in [0.1, 0.15) is 5.56 Å². The smallest absolute Gasteiger partial charge is 0.311 e. The fraction of sp³-hybridized carbons (Fsp3) is 0.0714. The summed E-state index contributed by atoms with van der Waals surface area (Å²) in [7, 11) is 0. The van der Waals surface area contributed by atoms with Crippen molar-refractivity contribution < 1.29 is 14.5 Å². The summed E-state index contributed by atoms with van der Waals surface area (Å²) in [6.45, 7) is 0. The van der Waals surface area contributed by atoms with E-state index in [1.165, 1.54) is 12.1 Å². The van der Waals surface area contributed by atoms with E-state index in [1.807, 2.05) is 0 Å². The highest BCUT2D eigenvalue weighted by molar-refractivity contribution is 9.10. The van der Waals surface area contributed by atoms with E-state index in [9.17, 15) is 14.9 Å². The number of halogens is 1. The van der Waals surface area contributed by atoms with E-state index < -0.39 is 4.92 Å². The lowest BCUT2D eigenvalue weighted by atomic mass is 10.1. The molecule has 0 aromatic heterocycles. The molecule has 102 valence electrons. The molecule has 5 nitrogen and oxygen atoms in total. The molecular formula is C14H10BrNO4. The second-order valence-electron chi connectivity index (χ2n) is 3.95. The molecule has 0 saturated heterocycles. The molecule has 0 atom stereocenters. The number of para-hydroxylation sites is 1. The Morgan fingerprint density at radius 1 is 1.20 bits per heavy atom. The first kappa shape index (κ1) is 14.2. The van der Waals surface area contributed by atoms with Crippen molar-refractivity contribution >= 4 is 27.9 Å². The summed E-state index contributed by atoms with van der Waals surface area (Å²) in [6, 6.07) is 11.4. The van der Waals surface area contributed by atoms with Gasteiger partial charge in [0.05, 0.1) is 4.92 Å². The minimum absolute atomic E-state index is 0.128. The quantitative estimate of drug-likeness (QED) is 0.472. The van der Waals surface area contributed by atoms with Gasteiger partial charge in [0, 0.05) is 28.6 Å². The second kappa shape index (κ2) is 6.29. The number of hydrogen-bond donors (Lipinski definition) is 0. The molecule has 2 aromatic carbocycles. The Morgan fingerprint density at radius 3 is 2.65 bits per heavy atom. The van der Waals surface area contributed by atoms with Gasteiger partial charge in [-0.15, -0.1) is 0 Å². The Kier molecular flexibility index (Phi) is 4.47. The van der Waals surface area contributed by atoms with Crippen LogP contribution in [0.5, 0.6) is 11.5 Å². The Morgan fingerprint density at radius 2 is 1.95 bits per heavy atom. The third-order valence-electron chi connectivity index (χ3n) is 2.61. The van der Waals surface area contributed by atoms with Gasteiger partial charge in [-0.25, -0.2) is 0 Å². The molecule has 0 heterocycles. The lowest BCUT2D eigenvalue weighted by Gasteiger charge is -2.10. The maximum absolute atomic E-state index is 11.0. The Bertz CT molecular complexity index is 657. The Hall–Kier alpha value is -2.21. The minimum Gasteiger partial charge on any atom is -0.450 e. The molecule has 0 fully saturated rings. The Labute approximate surface area is 123 Å². The minimum atomic E-state index is -0.510. The number of carbonyl (C=O) groups excluding carboxylic acids is 1. The second-order valence-corrected chi connectivity index (χ2v) is 4.87. The van der Waals surface area contributed by atoms with Gasteiger partial charge in [-0.1, -0.05) is 34.1 Å². The first-order valence-corrected chi connectivity index (χ1v) is 6.54. The highest BCUT2D eigenvalue weighted by Gasteiger charge is 2.17. The predicted octanol–water partition coefficient (Wildman–Crippen LogP) is 3.89. The van der Waals surface area contributed by atoms with Gasteiger partial charge in [-0.3, -0.25) is 10.1 Å². The molecule has 0 aliphatic carbocycles. The SMILES string of the molecule is O=CCc1ccccc1Oc1cc(Br)ccc1[N+](=O)[O-]. The molecule has 0 amide bonds. The van der Waals surface area contributed by atoms with Crippen molar-refractivity contribution in [3.05, 3.63) is 62.6 Å². The molecule has 20 heavy (non-hydrogen) atoms. The van der Waals surface area contributed by atoms with E-state index in [0.29, 0.717) is 15.8 Å². The van der Waals surface area contributed by atoms with Crippen molar-refractivity contribution in [2.24, 2.45) is 0 Å². The van der Waals surface area contributed by atoms with Crippen LogP contribution < -0.4 is 4.74 Å². The number of rotatable bonds is 5. The van der Waals surface area contributed by atoms with Gasteiger partial charge >= 0.3 is 5.69 Å². The van der Waals surface area contributed by atoms with Crippen LogP contribution in [0.3, 0.4) is 0 Å². The maximum atomic E-state index is 11.0. The van der Waals surface area contributed by atoms with Gasteiger partial charge in [0.1, 0.15) is 12.0 Å².